The molecule has 1 N–H and O–H groups in total. The van der Waals surface area contributed by atoms with Crippen LogP contribution in [-0.2, 0) is 0 Å². The monoisotopic (exact) mass is 233 g/mol. The van der Waals surface area contributed by atoms with E-state index in [4.69, 9.17) is 11.6 Å². The van der Waals surface area contributed by atoms with E-state index in [2.05, 4.69) is 5.32 Å². The van der Waals surface area contributed by atoms with E-state index in [1.807, 2.05) is 0 Å². The first-order valence-corrected chi connectivity index (χ1v) is 5.64. The summed E-state index contributed by atoms with van der Waals surface area (Å²) in [4.78, 5) is 0. The van der Waals surface area contributed by atoms with E-state index in [1.165, 1.54) is 11.8 Å². The highest BCUT2D eigenvalue weighted by atomic mass is 35.5. The number of hydrogen-bond donors (Lipinski definition) is 1. The van der Waals surface area contributed by atoms with Crippen molar-refractivity contribution in [2.45, 2.75) is 23.3 Å². The fourth-order valence-corrected chi connectivity index (χ4v) is 2.56. The van der Waals surface area contributed by atoms with E-state index in [0.717, 1.165) is 0 Å². The van der Waals surface area contributed by atoms with Crippen LogP contribution in [0.25, 0.3) is 0 Å². The van der Waals surface area contributed by atoms with Crippen molar-refractivity contribution >= 4 is 23.4 Å². The molecular weight excluding hydrogens is 223 g/mol. The van der Waals surface area contributed by atoms with E-state index in [0.29, 0.717) is 6.54 Å². The molecule has 0 saturated carbocycles. The Bertz CT molecular complexity index is 176. The van der Waals surface area contributed by atoms with Crippen LogP contribution >= 0.6 is 23.4 Å². The molecule has 3 unspecified atom stereocenters. The maximum atomic E-state index is 12.4. The van der Waals surface area contributed by atoms with Crippen LogP contribution in [0, 0.1) is 5.92 Å². The highest BCUT2D eigenvalue weighted by molar-refractivity contribution is 7.99. The molecule has 13 heavy (non-hydrogen) atoms. The molecule has 0 amide bonds. The third-order valence-electron chi connectivity index (χ3n) is 2.09. The zero-order valence-corrected chi connectivity index (χ0v) is 8.64. The van der Waals surface area contributed by atoms with Gasteiger partial charge in [0.2, 0.25) is 0 Å². The van der Waals surface area contributed by atoms with Gasteiger partial charge in [-0.2, -0.15) is 13.2 Å². The minimum Gasteiger partial charge on any atom is -0.303 e. The summed E-state index contributed by atoms with van der Waals surface area (Å²) in [5.74, 6) is -1.32. The minimum absolute atomic E-state index is 0.0174. The predicted octanol–water partition coefficient (Wildman–Crippen LogP) is 2.45. The maximum absolute atomic E-state index is 12.4. The zero-order chi connectivity index (χ0) is 10.1. The van der Waals surface area contributed by atoms with Gasteiger partial charge in [-0.3, -0.25) is 0 Å². The Morgan fingerprint density at radius 3 is 2.54 bits per heavy atom. The van der Waals surface area contributed by atoms with E-state index < -0.39 is 22.8 Å². The molecule has 78 valence electrons. The van der Waals surface area contributed by atoms with Gasteiger partial charge in [-0.05, 0) is 12.7 Å². The van der Waals surface area contributed by atoms with E-state index in [1.54, 1.807) is 6.26 Å². The van der Waals surface area contributed by atoms with E-state index >= 15 is 0 Å². The number of piperidine rings is 1. The van der Waals surface area contributed by atoms with Gasteiger partial charge in [0.25, 0.3) is 0 Å². The number of thioether (sulfide) groups is 1. The predicted molar refractivity (Wildman–Crippen MR) is 49.1 cm³/mol. The van der Waals surface area contributed by atoms with Crippen LogP contribution in [0.3, 0.4) is 0 Å². The number of rotatable bonds is 1. The van der Waals surface area contributed by atoms with Crippen LogP contribution in [0.4, 0.5) is 13.2 Å². The van der Waals surface area contributed by atoms with Crippen LogP contribution in [0.1, 0.15) is 6.42 Å². The summed E-state index contributed by atoms with van der Waals surface area (Å²) >= 11 is 6.86. The number of hydrogen-bond acceptors (Lipinski definition) is 2. The first-order chi connectivity index (χ1) is 5.95. The van der Waals surface area contributed by atoms with E-state index in [9.17, 15) is 13.2 Å². The third kappa shape index (κ3) is 2.92. The van der Waals surface area contributed by atoms with Crippen molar-refractivity contribution in [3.05, 3.63) is 0 Å². The molecule has 0 aromatic rings. The van der Waals surface area contributed by atoms with Gasteiger partial charge < -0.3 is 5.32 Å². The molecular formula is C7H11ClF3NS. The largest absolute Gasteiger partial charge is 0.394 e. The molecule has 1 fully saturated rings. The Kier molecular flexibility index (Phi) is 3.77. The quantitative estimate of drug-likeness (QED) is 0.699. The molecule has 1 aliphatic rings. The summed E-state index contributed by atoms with van der Waals surface area (Å²) in [6.45, 7) is 0.458. The van der Waals surface area contributed by atoms with Gasteiger partial charge in [0, 0.05) is 11.9 Å². The highest BCUT2D eigenvalue weighted by Gasteiger charge is 2.47. The fourth-order valence-electron chi connectivity index (χ4n) is 1.42. The molecule has 3 atom stereocenters. The minimum atomic E-state index is -4.14. The van der Waals surface area contributed by atoms with Crippen LogP contribution < -0.4 is 5.32 Å². The second kappa shape index (κ2) is 4.28. The van der Waals surface area contributed by atoms with Crippen molar-refractivity contribution in [2.75, 3.05) is 12.8 Å². The molecule has 0 aromatic heterocycles. The smallest absolute Gasteiger partial charge is 0.303 e. The summed E-state index contributed by atoms with van der Waals surface area (Å²) in [5.41, 5.74) is 0. The van der Waals surface area contributed by atoms with Gasteiger partial charge in [0.15, 0.2) is 0 Å². The molecule has 1 heterocycles. The lowest BCUT2D eigenvalue weighted by molar-refractivity contribution is -0.180. The first-order valence-electron chi connectivity index (χ1n) is 3.92. The lowest BCUT2D eigenvalue weighted by Crippen LogP contribution is -2.49. The van der Waals surface area contributed by atoms with Crippen molar-refractivity contribution in [1.82, 2.24) is 5.32 Å². The van der Waals surface area contributed by atoms with Gasteiger partial charge in [-0.1, -0.05) is 0 Å². The first kappa shape index (κ1) is 11.5. The number of halogens is 4. The third-order valence-corrected chi connectivity index (χ3v) is 3.43. The number of alkyl halides is 4. The van der Waals surface area contributed by atoms with Gasteiger partial charge in [0.05, 0.1) is 11.3 Å². The molecule has 1 rings (SSSR count). The summed E-state index contributed by atoms with van der Waals surface area (Å²) < 4.78 is 37.3. The Hall–Kier alpha value is 0.390. The lowest BCUT2D eigenvalue weighted by Gasteiger charge is -2.34. The van der Waals surface area contributed by atoms with Gasteiger partial charge >= 0.3 is 6.18 Å². The molecule has 0 aliphatic carbocycles. The average molecular weight is 234 g/mol. The molecule has 1 saturated heterocycles. The Labute approximate surface area is 84.4 Å². The van der Waals surface area contributed by atoms with E-state index in [-0.39, 0.29) is 6.42 Å². The lowest BCUT2D eigenvalue weighted by atomic mass is 9.98. The molecule has 6 heteroatoms. The topological polar surface area (TPSA) is 12.0 Å². The van der Waals surface area contributed by atoms with Gasteiger partial charge in [0.1, 0.15) is 0 Å². The van der Waals surface area contributed by atoms with Crippen LogP contribution in [0.2, 0.25) is 0 Å². The molecule has 1 nitrogen and oxygen atoms in total. The van der Waals surface area contributed by atoms with Gasteiger partial charge in [-0.15, -0.1) is 23.4 Å². The van der Waals surface area contributed by atoms with Crippen LogP contribution in [0.15, 0.2) is 0 Å². The fraction of sp³-hybridized carbons (Fsp3) is 1.00. The van der Waals surface area contributed by atoms with Crippen LogP contribution in [0.5, 0.6) is 0 Å². The van der Waals surface area contributed by atoms with Crippen LogP contribution in [-0.4, -0.2) is 29.7 Å². The molecule has 0 spiro atoms. The van der Waals surface area contributed by atoms with Gasteiger partial charge in [-0.25, -0.2) is 0 Å². The van der Waals surface area contributed by atoms with Crippen molar-refractivity contribution in [2.24, 2.45) is 5.92 Å². The van der Waals surface area contributed by atoms with Crippen molar-refractivity contribution in [3.8, 4) is 0 Å². The van der Waals surface area contributed by atoms with Crippen molar-refractivity contribution < 1.29 is 13.2 Å². The van der Waals surface area contributed by atoms with Crippen molar-refractivity contribution in [3.63, 3.8) is 0 Å². The zero-order valence-electron chi connectivity index (χ0n) is 7.07. The summed E-state index contributed by atoms with van der Waals surface area (Å²) in [5, 5.41) is 1.83. The standard InChI is InChI=1S/C7H11ClF3NS/c1-13-6-5(7(9,10)11)2-4(8)3-12-6/h4-6,12H,2-3H2,1H3. The highest BCUT2D eigenvalue weighted by Crippen LogP contribution is 2.38. The maximum Gasteiger partial charge on any atom is 0.394 e. The summed E-state index contributed by atoms with van der Waals surface area (Å²) in [6.07, 6.45) is -2.46. The summed E-state index contributed by atoms with van der Waals surface area (Å²) in [7, 11) is 0. The van der Waals surface area contributed by atoms with Crippen molar-refractivity contribution in [1.29, 1.82) is 0 Å². The summed E-state index contributed by atoms with van der Waals surface area (Å²) in [6, 6.07) is 0. The number of nitrogens with one attached hydrogen (secondary N) is 1. The molecule has 0 aromatic carbocycles. The normalized spacial score (nSPS) is 36.2. The molecule has 0 bridgehead atoms. The Morgan fingerprint density at radius 2 is 2.08 bits per heavy atom. The molecule has 0 radical (unpaired) electrons. The average Bonchev–Trinajstić information content (AvgIpc) is 2.03. The Balaban J connectivity index is 2.65. The SMILES string of the molecule is CSC1NCC(Cl)CC1C(F)(F)F. The second-order valence-corrected chi connectivity index (χ2v) is 4.64. The Morgan fingerprint density at radius 1 is 1.46 bits per heavy atom. The second-order valence-electron chi connectivity index (χ2n) is 3.05. The molecule has 1 aliphatic heterocycles.